The van der Waals surface area contributed by atoms with Crippen molar-refractivity contribution in [3.63, 3.8) is 0 Å². The van der Waals surface area contributed by atoms with Crippen molar-refractivity contribution in [3.8, 4) is 0 Å². The Morgan fingerprint density at radius 2 is 1.79 bits per heavy atom. The number of hydrogen-bond acceptors (Lipinski definition) is 7. The molecule has 1 fully saturated rings. The second-order valence-electron chi connectivity index (χ2n) is 12.2. The topological polar surface area (TPSA) is 157 Å². The Hall–Kier alpha value is -4.42. The molecule has 2 aliphatic heterocycles. The van der Waals surface area contributed by atoms with E-state index < -0.39 is 23.8 Å². The molecular formula is C30H41N7O6. The lowest BCUT2D eigenvalue weighted by molar-refractivity contribution is 0.0140. The number of rotatable bonds is 7. The molecule has 3 heterocycles. The Kier molecular flexibility index (Phi) is 9.72. The predicted molar refractivity (Wildman–Crippen MR) is 159 cm³/mol. The van der Waals surface area contributed by atoms with Crippen LogP contribution in [-0.4, -0.2) is 98.5 Å². The summed E-state index contributed by atoms with van der Waals surface area (Å²) in [7, 11) is 0. The van der Waals surface area contributed by atoms with Crippen molar-refractivity contribution in [3.05, 3.63) is 52.9 Å². The Labute approximate surface area is 251 Å². The maximum absolute atomic E-state index is 13.5. The number of nitrogens with one attached hydrogen (secondary N) is 2. The summed E-state index contributed by atoms with van der Waals surface area (Å²) >= 11 is 0. The zero-order valence-electron chi connectivity index (χ0n) is 25.4. The summed E-state index contributed by atoms with van der Waals surface area (Å²) < 4.78 is 5.44. The van der Waals surface area contributed by atoms with Gasteiger partial charge in [0.2, 0.25) is 0 Å². The van der Waals surface area contributed by atoms with E-state index >= 15 is 0 Å². The van der Waals surface area contributed by atoms with Crippen LogP contribution >= 0.6 is 0 Å². The van der Waals surface area contributed by atoms with Gasteiger partial charge in [0.05, 0.1) is 6.04 Å². The van der Waals surface area contributed by atoms with Crippen LogP contribution in [0, 0.1) is 5.92 Å². The van der Waals surface area contributed by atoms with E-state index in [-0.39, 0.29) is 29.9 Å². The minimum atomic E-state index is -1.06. The number of carbonyl (C=O) groups excluding carboxylic acids is 3. The van der Waals surface area contributed by atoms with Crippen molar-refractivity contribution >= 4 is 29.9 Å². The molecule has 0 bridgehead atoms. The zero-order valence-corrected chi connectivity index (χ0v) is 25.4. The molecule has 4 rings (SSSR count). The van der Waals surface area contributed by atoms with Crippen LogP contribution in [0.2, 0.25) is 0 Å². The average Bonchev–Trinajstić information content (AvgIpc) is 3.31. The highest BCUT2D eigenvalue weighted by atomic mass is 16.6. The molecule has 3 N–H and O–H groups in total. The van der Waals surface area contributed by atoms with Gasteiger partial charge >= 0.3 is 18.2 Å². The minimum absolute atomic E-state index is 0.0919. The number of allylic oxidation sites excluding steroid dienone is 2. The number of aromatic nitrogens is 2. The Bertz CT molecular complexity index is 1340. The number of urea groups is 1. The quantitative estimate of drug-likeness (QED) is 0.427. The lowest BCUT2D eigenvalue weighted by Gasteiger charge is -2.35. The van der Waals surface area contributed by atoms with Gasteiger partial charge in [0, 0.05) is 50.9 Å². The molecular weight excluding hydrogens is 554 g/mol. The monoisotopic (exact) mass is 595 g/mol. The molecule has 0 spiro atoms. The highest BCUT2D eigenvalue weighted by molar-refractivity contribution is 5.94. The van der Waals surface area contributed by atoms with Crippen LogP contribution in [0.3, 0.4) is 0 Å². The number of carboxylic acid groups (broad SMARTS) is 1. The number of amides is 5. The number of anilines is 1. The van der Waals surface area contributed by atoms with Crippen LogP contribution in [0.15, 0.2) is 41.6 Å². The summed E-state index contributed by atoms with van der Waals surface area (Å²) in [6.07, 6.45) is 7.40. The minimum Gasteiger partial charge on any atom is -0.465 e. The molecule has 43 heavy (non-hydrogen) atoms. The lowest BCUT2D eigenvalue weighted by atomic mass is 9.92. The van der Waals surface area contributed by atoms with Crippen molar-refractivity contribution in [1.29, 1.82) is 0 Å². The largest absolute Gasteiger partial charge is 0.465 e. The van der Waals surface area contributed by atoms with Gasteiger partial charge in [0.15, 0.2) is 11.5 Å². The summed E-state index contributed by atoms with van der Waals surface area (Å²) in [6, 6.07) is 0.821. The second-order valence-corrected chi connectivity index (χ2v) is 12.2. The summed E-state index contributed by atoms with van der Waals surface area (Å²) in [5.74, 6) is 0.256. The second kappa shape index (κ2) is 13.3. The number of ether oxygens (including phenoxy) is 1. The molecule has 1 atom stereocenters. The first kappa shape index (κ1) is 31.5. The fourth-order valence-electron chi connectivity index (χ4n) is 5.06. The molecule has 5 amide bonds. The van der Waals surface area contributed by atoms with E-state index in [0.29, 0.717) is 50.6 Å². The van der Waals surface area contributed by atoms with Gasteiger partial charge in [-0.3, -0.25) is 15.0 Å². The van der Waals surface area contributed by atoms with E-state index in [1.54, 1.807) is 42.8 Å². The summed E-state index contributed by atoms with van der Waals surface area (Å²) in [5.41, 5.74) is 1.61. The summed E-state index contributed by atoms with van der Waals surface area (Å²) in [5, 5.41) is 23.7. The lowest BCUT2D eigenvalue weighted by Crippen LogP contribution is -2.51. The van der Waals surface area contributed by atoms with Crippen LogP contribution in [0.25, 0.3) is 0 Å². The van der Waals surface area contributed by atoms with Crippen molar-refractivity contribution in [2.24, 2.45) is 5.92 Å². The van der Waals surface area contributed by atoms with E-state index in [1.807, 2.05) is 18.2 Å². The number of carbonyl (C=O) groups is 4. The van der Waals surface area contributed by atoms with Crippen LogP contribution < -0.4 is 10.6 Å². The maximum Gasteiger partial charge on any atom is 0.411 e. The van der Waals surface area contributed by atoms with Gasteiger partial charge in [0.1, 0.15) is 5.60 Å². The fourth-order valence-corrected chi connectivity index (χ4v) is 5.06. The molecule has 0 saturated carbocycles. The number of hydrogen-bond donors (Lipinski definition) is 3. The van der Waals surface area contributed by atoms with Crippen LogP contribution in [0.4, 0.5) is 20.2 Å². The summed E-state index contributed by atoms with van der Waals surface area (Å²) in [6.45, 7) is 11.3. The molecule has 0 aromatic carbocycles. The third-order valence-corrected chi connectivity index (χ3v) is 7.28. The number of piperazine rings is 1. The van der Waals surface area contributed by atoms with Crippen LogP contribution in [0.5, 0.6) is 0 Å². The molecule has 1 saturated heterocycles. The summed E-state index contributed by atoms with van der Waals surface area (Å²) in [4.78, 5) is 55.0. The number of fused-ring (bicyclic) bond motifs is 1. The normalized spacial score (nSPS) is 18.2. The van der Waals surface area contributed by atoms with Gasteiger partial charge in [-0.1, -0.05) is 32.1 Å². The van der Waals surface area contributed by atoms with E-state index in [0.717, 1.165) is 17.6 Å². The molecule has 0 radical (unpaired) electrons. The van der Waals surface area contributed by atoms with Crippen LogP contribution in [-0.2, 0) is 11.2 Å². The van der Waals surface area contributed by atoms with Gasteiger partial charge < -0.3 is 25.0 Å². The van der Waals surface area contributed by atoms with E-state index in [2.05, 4.69) is 34.7 Å². The van der Waals surface area contributed by atoms with E-state index in [9.17, 15) is 24.3 Å². The third-order valence-electron chi connectivity index (χ3n) is 7.28. The fraction of sp³-hybridized carbons (Fsp3) is 0.533. The molecule has 1 aliphatic carbocycles. The van der Waals surface area contributed by atoms with Crippen molar-refractivity contribution in [1.82, 2.24) is 30.2 Å². The molecule has 13 heteroatoms. The standard InChI is InChI=1S/C30H41N7O6/c1-19(2)10-11-31-27(39)32-25-20(16-21-18-37(28(40)41)24-9-7-6-8-22(21)24)17-23(33-34-25)26(38)35-12-14-36(15-13-35)29(42)43-30(3,4)5/h6-8,17-19,24H,9-16H2,1-5H3,(H,40,41)(H2,31,32,34,39). The highest BCUT2D eigenvalue weighted by Crippen LogP contribution is 2.35. The molecule has 1 unspecified atom stereocenters. The first-order chi connectivity index (χ1) is 20.3. The van der Waals surface area contributed by atoms with Gasteiger partial charge in [-0.25, -0.2) is 14.4 Å². The third kappa shape index (κ3) is 8.11. The average molecular weight is 596 g/mol. The molecule has 3 aliphatic rings. The SMILES string of the molecule is CC(C)CCNC(=O)Nc1nnc(C(=O)N2CCN(C(=O)OC(C)(C)C)CC2)cc1CC1=CN(C(=O)O)C2CC=CC=C12. The smallest absolute Gasteiger partial charge is 0.411 e. The van der Waals surface area contributed by atoms with Gasteiger partial charge in [-0.15, -0.1) is 10.2 Å². The molecule has 1 aromatic rings. The zero-order chi connectivity index (χ0) is 31.3. The molecule has 13 nitrogen and oxygen atoms in total. The van der Waals surface area contributed by atoms with Crippen LogP contribution in [0.1, 0.15) is 63.5 Å². The maximum atomic E-state index is 13.5. The molecule has 1 aromatic heterocycles. The first-order valence-corrected chi connectivity index (χ1v) is 14.6. The molecule has 232 valence electrons. The van der Waals surface area contributed by atoms with E-state index in [1.165, 1.54) is 4.90 Å². The van der Waals surface area contributed by atoms with Gasteiger partial charge in [-0.2, -0.15) is 0 Å². The van der Waals surface area contributed by atoms with Gasteiger partial charge in [0.25, 0.3) is 5.91 Å². The van der Waals surface area contributed by atoms with Gasteiger partial charge in [-0.05, 0) is 56.7 Å². The van der Waals surface area contributed by atoms with Crippen molar-refractivity contribution in [2.45, 2.75) is 65.5 Å². The Balaban J connectivity index is 1.54. The van der Waals surface area contributed by atoms with Crippen molar-refractivity contribution < 1.29 is 29.0 Å². The first-order valence-electron chi connectivity index (χ1n) is 14.6. The number of nitrogens with zero attached hydrogens (tertiary/aromatic N) is 5. The van der Waals surface area contributed by atoms with E-state index in [4.69, 9.17) is 4.74 Å². The van der Waals surface area contributed by atoms with Crippen molar-refractivity contribution in [2.75, 3.05) is 38.0 Å². The Morgan fingerprint density at radius 3 is 2.44 bits per heavy atom. The highest BCUT2D eigenvalue weighted by Gasteiger charge is 2.34. The predicted octanol–water partition coefficient (Wildman–Crippen LogP) is 4.01. The Morgan fingerprint density at radius 1 is 1.09 bits per heavy atom.